The molecule has 104 valence electrons. The highest BCUT2D eigenvalue weighted by molar-refractivity contribution is 5.29. The summed E-state index contributed by atoms with van der Waals surface area (Å²) in [6.45, 7) is 9.07. The van der Waals surface area contributed by atoms with E-state index in [1.807, 2.05) is 6.07 Å². The first-order valence-corrected chi connectivity index (χ1v) is 6.48. The van der Waals surface area contributed by atoms with Gasteiger partial charge in [-0.25, -0.2) is 4.39 Å². The molecular weight excluding hydrogens is 241 g/mol. The molecule has 0 aliphatic rings. The molecule has 0 saturated carbocycles. The molecule has 0 bridgehead atoms. The Morgan fingerprint density at radius 1 is 1.32 bits per heavy atom. The number of benzene rings is 1. The van der Waals surface area contributed by atoms with E-state index >= 15 is 0 Å². The predicted octanol–water partition coefficient (Wildman–Crippen LogP) is 3.51. The van der Waals surface area contributed by atoms with Gasteiger partial charge in [-0.3, -0.25) is 0 Å². The Kier molecular flexibility index (Phi) is 5.85. The molecule has 0 amide bonds. The molecule has 1 aromatic carbocycles. The Hall–Kier alpha value is -1.53. The van der Waals surface area contributed by atoms with Crippen molar-refractivity contribution in [2.24, 2.45) is 0 Å². The largest absolute Gasteiger partial charge is 0.490 e. The van der Waals surface area contributed by atoms with Gasteiger partial charge in [-0.15, -0.1) is 11.8 Å². The maximum atomic E-state index is 13.8. The molecule has 0 saturated heterocycles. The lowest BCUT2D eigenvalue weighted by Gasteiger charge is -2.20. The van der Waals surface area contributed by atoms with E-state index < -0.39 is 0 Å². The van der Waals surface area contributed by atoms with E-state index in [0.29, 0.717) is 19.6 Å². The minimum Gasteiger partial charge on any atom is -0.490 e. The number of hydrogen-bond donors (Lipinski definition) is 1. The van der Waals surface area contributed by atoms with Crippen molar-refractivity contribution in [2.45, 2.75) is 46.2 Å². The smallest absolute Gasteiger partial charge is 0.165 e. The molecule has 0 fully saturated rings. The van der Waals surface area contributed by atoms with Crippen LogP contribution in [0.4, 0.5) is 4.39 Å². The van der Waals surface area contributed by atoms with E-state index in [-0.39, 0.29) is 17.1 Å². The summed E-state index contributed by atoms with van der Waals surface area (Å²) in [7, 11) is 0. The molecule has 0 aliphatic heterocycles. The third-order valence-electron chi connectivity index (χ3n) is 2.48. The number of ether oxygens (including phenoxy) is 1. The molecule has 19 heavy (non-hydrogen) atoms. The lowest BCUT2D eigenvalue weighted by molar-refractivity contribution is 0.309. The van der Waals surface area contributed by atoms with Crippen LogP contribution in [0.15, 0.2) is 18.2 Å². The highest BCUT2D eigenvalue weighted by Gasteiger charge is 2.10. The van der Waals surface area contributed by atoms with Gasteiger partial charge in [0.1, 0.15) is 0 Å². The van der Waals surface area contributed by atoms with Crippen molar-refractivity contribution in [2.75, 3.05) is 6.61 Å². The Bertz CT molecular complexity index is 466. The second-order valence-corrected chi connectivity index (χ2v) is 5.39. The predicted molar refractivity (Wildman–Crippen MR) is 76.6 cm³/mol. The summed E-state index contributed by atoms with van der Waals surface area (Å²) >= 11 is 0. The van der Waals surface area contributed by atoms with Crippen LogP contribution < -0.4 is 10.1 Å². The molecule has 3 heteroatoms. The Morgan fingerprint density at radius 2 is 2.05 bits per heavy atom. The van der Waals surface area contributed by atoms with Gasteiger partial charge in [0, 0.05) is 18.5 Å². The van der Waals surface area contributed by atoms with Gasteiger partial charge in [0.15, 0.2) is 11.6 Å². The van der Waals surface area contributed by atoms with Crippen molar-refractivity contribution in [3.63, 3.8) is 0 Å². The SMILES string of the molecule is CC#CCCOc1ccc(CNC(C)(C)C)cc1F. The second-order valence-electron chi connectivity index (χ2n) is 5.39. The topological polar surface area (TPSA) is 21.3 Å². The first kappa shape index (κ1) is 15.5. The van der Waals surface area contributed by atoms with Crippen LogP contribution >= 0.6 is 0 Å². The molecular formula is C16H22FNO. The van der Waals surface area contributed by atoms with Gasteiger partial charge in [-0.1, -0.05) is 6.07 Å². The molecule has 1 aromatic rings. The van der Waals surface area contributed by atoms with Crippen LogP contribution in [-0.2, 0) is 6.54 Å². The van der Waals surface area contributed by atoms with Crippen molar-refractivity contribution in [3.8, 4) is 17.6 Å². The van der Waals surface area contributed by atoms with Crippen LogP contribution in [0.5, 0.6) is 5.75 Å². The van der Waals surface area contributed by atoms with Crippen LogP contribution in [0.25, 0.3) is 0 Å². The highest BCUT2D eigenvalue weighted by atomic mass is 19.1. The fourth-order valence-corrected chi connectivity index (χ4v) is 1.48. The second kappa shape index (κ2) is 7.16. The third-order valence-corrected chi connectivity index (χ3v) is 2.48. The molecule has 0 spiro atoms. The van der Waals surface area contributed by atoms with Crippen molar-refractivity contribution < 1.29 is 9.13 Å². The van der Waals surface area contributed by atoms with Gasteiger partial charge >= 0.3 is 0 Å². The minimum atomic E-state index is -0.322. The number of nitrogens with one attached hydrogen (secondary N) is 1. The molecule has 0 aliphatic carbocycles. The average Bonchev–Trinajstić information content (AvgIpc) is 2.33. The summed E-state index contributed by atoms with van der Waals surface area (Å²) < 4.78 is 19.1. The third kappa shape index (κ3) is 6.26. The monoisotopic (exact) mass is 263 g/mol. The van der Waals surface area contributed by atoms with Crippen molar-refractivity contribution >= 4 is 0 Å². The summed E-state index contributed by atoms with van der Waals surface area (Å²) in [6, 6.07) is 5.07. The van der Waals surface area contributed by atoms with Crippen molar-refractivity contribution in [3.05, 3.63) is 29.6 Å². The van der Waals surface area contributed by atoms with Gasteiger partial charge in [0.25, 0.3) is 0 Å². The summed E-state index contributed by atoms with van der Waals surface area (Å²) in [4.78, 5) is 0. The summed E-state index contributed by atoms with van der Waals surface area (Å²) in [5.74, 6) is 5.62. The molecule has 0 unspecified atom stereocenters. The van der Waals surface area contributed by atoms with Gasteiger partial charge in [0.2, 0.25) is 0 Å². The first-order chi connectivity index (χ1) is 8.92. The van der Waals surface area contributed by atoms with Crippen molar-refractivity contribution in [1.29, 1.82) is 0 Å². The highest BCUT2D eigenvalue weighted by Crippen LogP contribution is 2.19. The zero-order valence-electron chi connectivity index (χ0n) is 12.1. The normalized spacial score (nSPS) is 10.8. The van der Waals surface area contributed by atoms with E-state index in [0.717, 1.165) is 5.56 Å². The summed E-state index contributed by atoms with van der Waals surface area (Å²) in [5.41, 5.74) is 0.929. The zero-order valence-corrected chi connectivity index (χ0v) is 12.1. The molecule has 2 nitrogen and oxygen atoms in total. The van der Waals surface area contributed by atoms with E-state index in [1.165, 1.54) is 6.07 Å². The van der Waals surface area contributed by atoms with Crippen molar-refractivity contribution in [1.82, 2.24) is 5.32 Å². The fraction of sp³-hybridized carbons (Fsp3) is 0.500. The summed E-state index contributed by atoms with van der Waals surface area (Å²) in [5, 5.41) is 3.32. The van der Waals surface area contributed by atoms with Crippen LogP contribution in [0, 0.1) is 17.7 Å². The lowest BCUT2D eigenvalue weighted by Crippen LogP contribution is -2.35. The molecule has 0 heterocycles. The maximum absolute atomic E-state index is 13.8. The number of rotatable bonds is 5. The summed E-state index contributed by atoms with van der Waals surface area (Å²) in [6.07, 6.45) is 0.614. The average molecular weight is 263 g/mol. The molecule has 0 atom stereocenters. The Balaban J connectivity index is 2.55. The fourth-order valence-electron chi connectivity index (χ4n) is 1.48. The molecule has 1 rings (SSSR count). The maximum Gasteiger partial charge on any atom is 0.165 e. The molecule has 1 N–H and O–H groups in total. The number of hydrogen-bond acceptors (Lipinski definition) is 2. The molecule has 0 radical (unpaired) electrons. The van der Waals surface area contributed by atoms with E-state index in [1.54, 1.807) is 13.0 Å². The van der Waals surface area contributed by atoms with Crippen LogP contribution in [0.1, 0.15) is 39.7 Å². The van der Waals surface area contributed by atoms with Gasteiger partial charge in [-0.05, 0) is 45.4 Å². The quantitative estimate of drug-likeness (QED) is 0.648. The Labute approximate surface area is 115 Å². The Morgan fingerprint density at radius 3 is 2.63 bits per heavy atom. The van der Waals surface area contributed by atoms with E-state index in [9.17, 15) is 4.39 Å². The lowest BCUT2D eigenvalue weighted by atomic mass is 10.1. The zero-order chi connectivity index (χ0) is 14.3. The minimum absolute atomic E-state index is 0.0183. The van der Waals surface area contributed by atoms with Crippen LogP contribution in [0.3, 0.4) is 0 Å². The van der Waals surface area contributed by atoms with Gasteiger partial charge in [-0.2, -0.15) is 0 Å². The first-order valence-electron chi connectivity index (χ1n) is 6.48. The van der Waals surface area contributed by atoms with Crippen LogP contribution in [0.2, 0.25) is 0 Å². The van der Waals surface area contributed by atoms with E-state index in [4.69, 9.17) is 4.74 Å². The standard InChI is InChI=1S/C16H22FNO/c1-5-6-7-10-19-15-9-8-13(11-14(15)17)12-18-16(2,3)4/h8-9,11,18H,7,10,12H2,1-4H3. The van der Waals surface area contributed by atoms with Crippen LogP contribution in [-0.4, -0.2) is 12.1 Å². The van der Waals surface area contributed by atoms with Gasteiger partial charge < -0.3 is 10.1 Å². The molecule has 0 aromatic heterocycles. The number of halogens is 1. The van der Waals surface area contributed by atoms with Gasteiger partial charge in [0.05, 0.1) is 6.61 Å². The van der Waals surface area contributed by atoms with E-state index in [2.05, 4.69) is 37.9 Å².